The number of hydrogen-bond donors (Lipinski definition) is 1. The summed E-state index contributed by atoms with van der Waals surface area (Å²) in [6, 6.07) is 38.1. The largest absolute Gasteiger partial charge is 0.489 e. The highest BCUT2D eigenvalue weighted by molar-refractivity contribution is 6.07. The van der Waals surface area contributed by atoms with E-state index in [4.69, 9.17) is 4.74 Å². The number of ketones is 1. The maximum atomic E-state index is 14.7. The van der Waals surface area contributed by atoms with Gasteiger partial charge < -0.3 is 9.64 Å². The van der Waals surface area contributed by atoms with Gasteiger partial charge in [-0.15, -0.1) is 0 Å². The molecule has 0 aliphatic heterocycles. The number of rotatable bonds is 10. The van der Waals surface area contributed by atoms with E-state index >= 15 is 0 Å². The molecule has 4 aromatic carbocycles. The van der Waals surface area contributed by atoms with Gasteiger partial charge in [0.15, 0.2) is 5.78 Å². The van der Waals surface area contributed by atoms with E-state index < -0.39 is 5.41 Å². The molecule has 0 saturated heterocycles. The van der Waals surface area contributed by atoms with Gasteiger partial charge in [-0.1, -0.05) is 110 Å². The molecule has 4 aromatic rings. The Hall–Kier alpha value is -3.69. The van der Waals surface area contributed by atoms with Gasteiger partial charge in [0.05, 0.1) is 26.1 Å². The molecule has 4 rings (SSSR count). The zero-order valence-corrected chi connectivity index (χ0v) is 20.8. The average molecular weight is 465 g/mol. The van der Waals surface area contributed by atoms with Crippen LogP contribution >= 0.6 is 0 Å². The molecule has 1 atom stereocenters. The third-order valence-electron chi connectivity index (χ3n) is 6.61. The van der Waals surface area contributed by atoms with Gasteiger partial charge in [-0.2, -0.15) is 0 Å². The second-order valence-electron chi connectivity index (χ2n) is 9.48. The molecule has 0 fully saturated rings. The molecule has 0 unspecified atom stereocenters. The number of nitrogens with one attached hydrogen (secondary N) is 1. The highest BCUT2D eigenvalue weighted by Crippen LogP contribution is 2.42. The van der Waals surface area contributed by atoms with Crippen LogP contribution in [0, 0.1) is 5.92 Å². The fourth-order valence-electron chi connectivity index (χ4n) is 5.08. The number of ether oxygens (including phenoxy) is 1. The molecule has 0 aliphatic carbocycles. The Morgan fingerprint density at radius 3 is 1.86 bits per heavy atom. The van der Waals surface area contributed by atoms with Crippen molar-refractivity contribution < 1.29 is 14.4 Å². The minimum absolute atomic E-state index is 0.0543. The Labute approximate surface area is 209 Å². The first kappa shape index (κ1) is 24.4. The van der Waals surface area contributed by atoms with Crippen LogP contribution in [0.25, 0.3) is 0 Å². The summed E-state index contributed by atoms with van der Waals surface area (Å²) in [5.41, 5.74) is 2.96. The van der Waals surface area contributed by atoms with E-state index in [-0.39, 0.29) is 11.7 Å². The lowest BCUT2D eigenvalue weighted by molar-refractivity contribution is -0.862. The molecule has 0 aliphatic rings. The molecule has 3 heteroatoms. The van der Waals surface area contributed by atoms with Gasteiger partial charge in [-0.05, 0) is 28.8 Å². The summed E-state index contributed by atoms with van der Waals surface area (Å²) >= 11 is 0. The molecule has 0 aromatic heterocycles. The Kier molecular flexibility index (Phi) is 7.79. The van der Waals surface area contributed by atoms with E-state index in [1.54, 1.807) is 0 Å². The molecule has 0 heterocycles. The van der Waals surface area contributed by atoms with Crippen LogP contribution in [0.1, 0.15) is 34.0 Å². The van der Waals surface area contributed by atoms with Gasteiger partial charge in [0.2, 0.25) is 0 Å². The van der Waals surface area contributed by atoms with Crippen molar-refractivity contribution in [3.05, 3.63) is 138 Å². The number of carbonyl (C=O) groups is 1. The molecule has 0 amide bonds. The minimum atomic E-state index is -0.822. The van der Waals surface area contributed by atoms with Crippen molar-refractivity contribution in [2.24, 2.45) is 5.92 Å². The zero-order valence-electron chi connectivity index (χ0n) is 20.8. The molecule has 0 bridgehead atoms. The lowest BCUT2D eigenvalue weighted by Gasteiger charge is -2.39. The Morgan fingerprint density at radius 1 is 0.771 bits per heavy atom. The third-order valence-corrected chi connectivity index (χ3v) is 6.61. The lowest BCUT2D eigenvalue weighted by atomic mass is 9.62. The highest BCUT2D eigenvalue weighted by Gasteiger charge is 2.47. The van der Waals surface area contributed by atoms with Crippen LogP contribution in [0.5, 0.6) is 5.75 Å². The SMILES string of the molecule is C[C@@H](C[NH+](C)C)C(C(=O)c1cccc(OCc2ccccc2)c1)(c1ccccc1)c1ccccc1. The third kappa shape index (κ3) is 5.36. The van der Waals surface area contributed by atoms with Gasteiger partial charge in [0.1, 0.15) is 12.4 Å². The first-order chi connectivity index (χ1) is 17.0. The summed E-state index contributed by atoms with van der Waals surface area (Å²) in [6.07, 6.45) is 0. The van der Waals surface area contributed by atoms with E-state index in [0.29, 0.717) is 17.9 Å². The van der Waals surface area contributed by atoms with Gasteiger partial charge >= 0.3 is 0 Å². The van der Waals surface area contributed by atoms with Crippen LogP contribution in [0.2, 0.25) is 0 Å². The van der Waals surface area contributed by atoms with E-state index in [1.807, 2.05) is 91.0 Å². The van der Waals surface area contributed by atoms with Crippen molar-refractivity contribution >= 4 is 5.78 Å². The number of Topliss-reactive ketones (excluding diaryl/α,β-unsaturated/α-hetero) is 1. The molecule has 1 N–H and O–H groups in total. The van der Waals surface area contributed by atoms with Crippen LogP contribution < -0.4 is 9.64 Å². The normalized spacial score (nSPS) is 12.3. The Morgan fingerprint density at radius 2 is 1.31 bits per heavy atom. The Balaban J connectivity index is 1.79. The summed E-state index contributed by atoms with van der Waals surface area (Å²) in [4.78, 5) is 16.0. The summed E-state index contributed by atoms with van der Waals surface area (Å²) in [7, 11) is 4.28. The average Bonchev–Trinajstić information content (AvgIpc) is 2.89. The van der Waals surface area contributed by atoms with Crippen molar-refractivity contribution in [1.29, 1.82) is 0 Å². The second kappa shape index (κ2) is 11.2. The quantitative estimate of drug-likeness (QED) is 0.327. The molecular weight excluding hydrogens is 430 g/mol. The summed E-state index contributed by atoms with van der Waals surface area (Å²) in [6.45, 7) is 3.50. The van der Waals surface area contributed by atoms with Crippen molar-refractivity contribution in [2.75, 3.05) is 20.6 Å². The molecule has 3 nitrogen and oxygen atoms in total. The van der Waals surface area contributed by atoms with Crippen LogP contribution in [0.3, 0.4) is 0 Å². The zero-order chi connectivity index (χ0) is 24.7. The second-order valence-corrected chi connectivity index (χ2v) is 9.48. The van der Waals surface area contributed by atoms with Crippen LogP contribution in [-0.2, 0) is 12.0 Å². The summed E-state index contributed by atoms with van der Waals surface area (Å²) in [5.74, 6) is 0.841. The topological polar surface area (TPSA) is 30.7 Å². The first-order valence-electron chi connectivity index (χ1n) is 12.2. The summed E-state index contributed by atoms with van der Waals surface area (Å²) < 4.78 is 6.08. The van der Waals surface area contributed by atoms with Crippen LogP contribution in [-0.4, -0.2) is 26.4 Å². The molecule has 178 valence electrons. The van der Waals surface area contributed by atoms with Crippen molar-refractivity contribution in [3.63, 3.8) is 0 Å². The van der Waals surface area contributed by atoms with Crippen LogP contribution in [0.4, 0.5) is 0 Å². The fourth-order valence-corrected chi connectivity index (χ4v) is 5.08. The molecule has 0 radical (unpaired) electrons. The number of quaternary nitrogens is 1. The maximum absolute atomic E-state index is 14.7. The molecule has 0 spiro atoms. The standard InChI is InChI=1S/C32H33NO2/c1-25(23-33(2)3)32(28-17-9-5-10-18-28,29-19-11-6-12-20-29)31(34)27-16-13-21-30(22-27)35-24-26-14-7-4-8-15-26/h4-22,25H,23-24H2,1-3H3/p+1/t25-/m0/s1. The number of carbonyl (C=O) groups excluding carboxylic acids is 1. The van der Waals surface area contributed by atoms with Gasteiger partial charge in [0.25, 0.3) is 0 Å². The van der Waals surface area contributed by atoms with Crippen molar-refractivity contribution in [1.82, 2.24) is 0 Å². The molecule has 0 saturated carbocycles. The van der Waals surface area contributed by atoms with Gasteiger partial charge in [0, 0.05) is 11.5 Å². The van der Waals surface area contributed by atoms with Gasteiger partial charge in [-0.25, -0.2) is 0 Å². The van der Waals surface area contributed by atoms with E-state index in [2.05, 4.69) is 45.3 Å². The predicted octanol–water partition coefficient (Wildman–Crippen LogP) is 5.22. The minimum Gasteiger partial charge on any atom is -0.489 e. The monoisotopic (exact) mass is 464 g/mol. The summed E-state index contributed by atoms with van der Waals surface area (Å²) in [5, 5.41) is 0. The van der Waals surface area contributed by atoms with Crippen molar-refractivity contribution in [2.45, 2.75) is 18.9 Å². The van der Waals surface area contributed by atoms with E-state index in [0.717, 1.165) is 23.2 Å². The first-order valence-corrected chi connectivity index (χ1v) is 12.2. The lowest BCUT2D eigenvalue weighted by Crippen LogP contribution is -3.06. The maximum Gasteiger partial charge on any atom is 0.178 e. The van der Waals surface area contributed by atoms with Crippen molar-refractivity contribution in [3.8, 4) is 5.75 Å². The Bertz CT molecular complexity index is 1180. The number of benzene rings is 4. The molecular formula is C32H34NO2+. The predicted molar refractivity (Wildman–Crippen MR) is 142 cm³/mol. The fraction of sp³-hybridized carbons (Fsp3) is 0.219. The molecule has 35 heavy (non-hydrogen) atoms. The highest BCUT2D eigenvalue weighted by atomic mass is 16.5. The van der Waals surface area contributed by atoms with E-state index in [9.17, 15) is 4.79 Å². The smallest absolute Gasteiger partial charge is 0.178 e. The van der Waals surface area contributed by atoms with Gasteiger partial charge in [-0.3, -0.25) is 4.79 Å². The van der Waals surface area contributed by atoms with E-state index in [1.165, 1.54) is 4.90 Å². The number of hydrogen-bond acceptors (Lipinski definition) is 2. The van der Waals surface area contributed by atoms with Crippen LogP contribution in [0.15, 0.2) is 115 Å².